The lowest BCUT2D eigenvalue weighted by molar-refractivity contribution is -0.304. The SMILES string of the molecule is Cc1ccc(-c2coc3cc4oc(=O)c(CC(=O)NCC(=O)[O-])c(C)c4cc23)cc1. The molecule has 1 amide bonds. The number of hydrogen-bond donors (Lipinski definition) is 1. The highest BCUT2D eigenvalue weighted by Crippen LogP contribution is 2.34. The second-order valence-electron chi connectivity index (χ2n) is 7.18. The second-order valence-corrected chi connectivity index (χ2v) is 7.18. The van der Waals surface area contributed by atoms with E-state index in [0.29, 0.717) is 22.1 Å². The highest BCUT2D eigenvalue weighted by Gasteiger charge is 2.17. The summed E-state index contributed by atoms with van der Waals surface area (Å²) in [7, 11) is 0. The Balaban J connectivity index is 1.81. The van der Waals surface area contributed by atoms with Crippen LogP contribution in [0, 0.1) is 13.8 Å². The molecule has 152 valence electrons. The Kier molecular flexibility index (Phi) is 4.87. The molecule has 0 spiro atoms. The molecule has 0 aliphatic carbocycles. The van der Waals surface area contributed by atoms with Gasteiger partial charge in [0.05, 0.1) is 30.8 Å². The molecule has 4 rings (SSSR count). The molecule has 0 saturated carbocycles. The molecule has 0 unspecified atom stereocenters. The lowest BCUT2D eigenvalue weighted by Gasteiger charge is -2.09. The van der Waals surface area contributed by atoms with Gasteiger partial charge in [0, 0.05) is 22.4 Å². The van der Waals surface area contributed by atoms with Gasteiger partial charge in [0.1, 0.15) is 11.2 Å². The van der Waals surface area contributed by atoms with Gasteiger partial charge in [-0.15, -0.1) is 0 Å². The van der Waals surface area contributed by atoms with Crippen LogP contribution in [0.4, 0.5) is 0 Å². The molecule has 0 saturated heterocycles. The summed E-state index contributed by atoms with van der Waals surface area (Å²) in [5.74, 6) is -2.00. The van der Waals surface area contributed by atoms with Crippen molar-refractivity contribution >= 4 is 33.8 Å². The number of aliphatic carboxylic acids is 1. The molecule has 30 heavy (non-hydrogen) atoms. The Morgan fingerprint density at radius 2 is 1.77 bits per heavy atom. The summed E-state index contributed by atoms with van der Waals surface area (Å²) in [5, 5.41) is 14.3. The number of rotatable bonds is 5. The van der Waals surface area contributed by atoms with Crippen molar-refractivity contribution in [1.82, 2.24) is 5.32 Å². The fourth-order valence-electron chi connectivity index (χ4n) is 3.46. The normalized spacial score (nSPS) is 11.1. The van der Waals surface area contributed by atoms with Crippen LogP contribution in [-0.4, -0.2) is 18.4 Å². The first-order valence-electron chi connectivity index (χ1n) is 9.34. The maximum absolute atomic E-state index is 12.4. The molecule has 4 aromatic rings. The van der Waals surface area contributed by atoms with Crippen molar-refractivity contribution in [3.8, 4) is 11.1 Å². The molecule has 0 bridgehead atoms. The molecular weight excluding hydrogens is 386 g/mol. The molecule has 1 N–H and O–H groups in total. The molecule has 2 heterocycles. The summed E-state index contributed by atoms with van der Waals surface area (Å²) >= 11 is 0. The van der Waals surface area contributed by atoms with E-state index in [1.165, 1.54) is 0 Å². The number of carbonyl (C=O) groups is 2. The van der Waals surface area contributed by atoms with Gasteiger partial charge in [-0.25, -0.2) is 4.79 Å². The first-order chi connectivity index (χ1) is 14.3. The minimum absolute atomic E-state index is 0.179. The molecule has 2 aromatic heterocycles. The summed E-state index contributed by atoms with van der Waals surface area (Å²) in [6.07, 6.45) is 1.38. The monoisotopic (exact) mass is 404 g/mol. The Labute approximate surface area is 170 Å². The summed E-state index contributed by atoms with van der Waals surface area (Å²) in [4.78, 5) is 34.9. The van der Waals surface area contributed by atoms with Gasteiger partial charge >= 0.3 is 5.63 Å². The van der Waals surface area contributed by atoms with Crippen molar-refractivity contribution in [3.05, 3.63) is 69.8 Å². The summed E-state index contributed by atoms with van der Waals surface area (Å²) in [6, 6.07) is 11.6. The van der Waals surface area contributed by atoms with Gasteiger partial charge in [0.15, 0.2) is 0 Å². The Morgan fingerprint density at radius 1 is 1.03 bits per heavy atom. The number of aryl methyl sites for hydroxylation is 2. The fraction of sp³-hybridized carbons (Fsp3) is 0.174. The van der Waals surface area contributed by atoms with E-state index < -0.39 is 24.0 Å². The zero-order valence-corrected chi connectivity index (χ0v) is 16.4. The van der Waals surface area contributed by atoms with Crippen molar-refractivity contribution in [2.75, 3.05) is 6.54 Å². The van der Waals surface area contributed by atoms with Crippen LogP contribution in [0.1, 0.15) is 16.7 Å². The first-order valence-corrected chi connectivity index (χ1v) is 9.34. The van der Waals surface area contributed by atoms with Gasteiger partial charge in [-0.05, 0) is 31.0 Å². The number of amides is 1. The van der Waals surface area contributed by atoms with Gasteiger partial charge in [0.2, 0.25) is 5.91 Å². The number of hydrogen-bond acceptors (Lipinski definition) is 6. The average Bonchev–Trinajstić information content (AvgIpc) is 3.12. The second kappa shape index (κ2) is 7.51. The highest BCUT2D eigenvalue weighted by molar-refractivity contribution is 6.02. The maximum atomic E-state index is 12.4. The van der Waals surface area contributed by atoms with Gasteiger partial charge in [-0.3, -0.25) is 4.79 Å². The van der Waals surface area contributed by atoms with E-state index in [2.05, 4.69) is 5.32 Å². The molecule has 0 fully saturated rings. The number of carbonyl (C=O) groups excluding carboxylic acids is 2. The third kappa shape index (κ3) is 3.57. The van der Waals surface area contributed by atoms with Crippen LogP contribution in [0.3, 0.4) is 0 Å². The van der Waals surface area contributed by atoms with Crippen molar-refractivity contribution < 1.29 is 23.5 Å². The van der Waals surface area contributed by atoms with Crippen LogP contribution in [0.5, 0.6) is 0 Å². The summed E-state index contributed by atoms with van der Waals surface area (Å²) in [5.41, 5.74) is 4.13. The van der Waals surface area contributed by atoms with E-state index in [4.69, 9.17) is 8.83 Å². The molecule has 0 aliphatic rings. The van der Waals surface area contributed by atoms with Crippen LogP contribution < -0.4 is 16.0 Å². The number of furan rings is 1. The predicted octanol–water partition coefficient (Wildman–Crippen LogP) is 2.23. The Bertz CT molecular complexity index is 1340. The minimum Gasteiger partial charge on any atom is -0.548 e. The number of carboxylic acid groups (broad SMARTS) is 1. The lowest BCUT2D eigenvalue weighted by atomic mass is 9.99. The van der Waals surface area contributed by atoms with Gasteiger partial charge in [-0.2, -0.15) is 0 Å². The molecule has 0 atom stereocenters. The number of fused-ring (bicyclic) bond motifs is 2. The largest absolute Gasteiger partial charge is 0.548 e. The van der Waals surface area contributed by atoms with Gasteiger partial charge in [-0.1, -0.05) is 29.8 Å². The molecule has 7 heteroatoms. The van der Waals surface area contributed by atoms with Crippen molar-refractivity contribution in [2.45, 2.75) is 20.3 Å². The van der Waals surface area contributed by atoms with Crippen LogP contribution >= 0.6 is 0 Å². The van der Waals surface area contributed by atoms with E-state index in [1.807, 2.05) is 37.3 Å². The zero-order valence-electron chi connectivity index (χ0n) is 16.4. The van der Waals surface area contributed by atoms with E-state index in [1.54, 1.807) is 19.3 Å². The molecule has 7 nitrogen and oxygen atoms in total. The molecule has 0 radical (unpaired) electrons. The number of benzene rings is 2. The number of carboxylic acids is 1. The standard InChI is InChI=1S/C23H19NO6/c1-12-3-5-14(6-4-12)18-11-29-19-9-20-15(7-17(18)19)13(2)16(23(28)30-20)8-21(25)24-10-22(26)27/h3-7,9,11H,8,10H2,1-2H3,(H,24,25)(H,26,27)/p-1. The number of nitrogens with one attached hydrogen (secondary N) is 1. The van der Waals surface area contributed by atoms with Crippen molar-refractivity contribution in [1.29, 1.82) is 0 Å². The van der Waals surface area contributed by atoms with Gasteiger partial charge in [0.25, 0.3) is 0 Å². The molecule has 2 aromatic carbocycles. The van der Waals surface area contributed by atoms with Crippen molar-refractivity contribution in [2.24, 2.45) is 0 Å². The summed E-state index contributed by atoms with van der Waals surface area (Å²) in [6.45, 7) is 3.13. The van der Waals surface area contributed by atoms with Crippen LogP contribution in [0.15, 0.2) is 56.3 Å². The Morgan fingerprint density at radius 3 is 2.47 bits per heavy atom. The zero-order chi connectivity index (χ0) is 21.4. The average molecular weight is 404 g/mol. The fourth-order valence-corrected chi connectivity index (χ4v) is 3.46. The molecule has 0 aliphatic heterocycles. The quantitative estimate of drug-likeness (QED) is 0.511. The van der Waals surface area contributed by atoms with Crippen LogP contribution in [0.25, 0.3) is 33.1 Å². The minimum atomic E-state index is -1.41. The van der Waals surface area contributed by atoms with E-state index >= 15 is 0 Å². The maximum Gasteiger partial charge on any atom is 0.340 e. The van der Waals surface area contributed by atoms with Crippen molar-refractivity contribution in [3.63, 3.8) is 0 Å². The van der Waals surface area contributed by atoms with Crippen LogP contribution in [-0.2, 0) is 16.0 Å². The van der Waals surface area contributed by atoms with E-state index in [-0.39, 0.29) is 12.0 Å². The topological polar surface area (TPSA) is 113 Å². The van der Waals surface area contributed by atoms with E-state index in [9.17, 15) is 19.5 Å². The third-order valence-electron chi connectivity index (χ3n) is 5.11. The van der Waals surface area contributed by atoms with Gasteiger partial charge < -0.3 is 24.1 Å². The lowest BCUT2D eigenvalue weighted by Crippen LogP contribution is -2.38. The first kappa shape index (κ1) is 19.4. The predicted molar refractivity (Wildman–Crippen MR) is 109 cm³/mol. The Hall–Kier alpha value is -3.87. The summed E-state index contributed by atoms with van der Waals surface area (Å²) < 4.78 is 11.1. The van der Waals surface area contributed by atoms with E-state index in [0.717, 1.165) is 22.1 Å². The molecular formula is C23H18NO6-. The smallest absolute Gasteiger partial charge is 0.340 e. The third-order valence-corrected chi connectivity index (χ3v) is 5.11. The highest BCUT2D eigenvalue weighted by atomic mass is 16.4. The van der Waals surface area contributed by atoms with Crippen LogP contribution in [0.2, 0.25) is 0 Å².